The molecule has 0 radical (unpaired) electrons. The summed E-state index contributed by atoms with van der Waals surface area (Å²) in [5.41, 5.74) is 7.89. The second kappa shape index (κ2) is 19.5. The van der Waals surface area contributed by atoms with E-state index in [4.69, 9.17) is 19.3 Å². The van der Waals surface area contributed by atoms with Crippen LogP contribution in [0, 0.1) is 18.5 Å². The Balaban J connectivity index is 0.00000816. The normalized spacial score (nSPS) is 14.6. The molecule has 0 saturated heterocycles. The zero-order valence-corrected chi connectivity index (χ0v) is 47.4. The smallest absolute Gasteiger partial charge is 0.268 e. The summed E-state index contributed by atoms with van der Waals surface area (Å²) in [7, 11) is 0. The Hall–Kier alpha value is -8.31. The summed E-state index contributed by atoms with van der Waals surface area (Å²) >= 11 is 0. The van der Waals surface area contributed by atoms with Gasteiger partial charge >= 0.3 is 0 Å². The predicted molar refractivity (Wildman–Crippen MR) is 321 cm³/mol. The molecule has 0 aliphatic carbocycles. The van der Waals surface area contributed by atoms with E-state index in [9.17, 15) is 8.22 Å². The minimum Gasteiger partial charge on any atom is -0.510 e. The minimum absolute atomic E-state index is 0. The van der Waals surface area contributed by atoms with Gasteiger partial charge in [-0.05, 0) is 102 Å². The summed E-state index contributed by atoms with van der Waals surface area (Å²) in [5, 5.41) is 1.04. The number of ether oxygens (including phenoxy) is 1. The summed E-state index contributed by atoms with van der Waals surface area (Å²) in [6, 6.07) is 39.2. The predicted octanol–water partition coefficient (Wildman–Crippen LogP) is 17.9. The molecule has 0 saturated carbocycles. The molecule has 0 atom stereocenters. The Bertz CT molecular complexity index is 5140. The van der Waals surface area contributed by atoms with Crippen LogP contribution in [0.15, 0.2) is 206 Å². The van der Waals surface area contributed by atoms with Crippen molar-refractivity contribution in [2.45, 2.75) is 78.6 Å². The van der Waals surface area contributed by atoms with Crippen molar-refractivity contribution >= 4 is 54.6 Å². The van der Waals surface area contributed by atoms with E-state index < -0.39 is 66.5 Å². The van der Waals surface area contributed by atoms with Crippen molar-refractivity contribution < 1.29 is 48.2 Å². The first-order chi connectivity index (χ1) is 43.0. The Labute approximate surface area is 495 Å². The van der Waals surface area contributed by atoms with Crippen molar-refractivity contribution in [1.29, 1.82) is 0 Å². The van der Waals surface area contributed by atoms with E-state index in [0.29, 0.717) is 55.6 Å². The first-order valence-corrected chi connectivity index (χ1v) is 26.0. The fourth-order valence-electron chi connectivity index (χ4n) is 10.5. The standard InChI is InChI=1S/C72H61N5O.Pt/c1-70(2,3)49-37-38-73-67(42-49)77-62-34-18-15-29-59(62)68-65(76-60-32-16-13-27-57(60)58-28-14-17-33-61(58)76)44-54(45-66(68)77)78-53-26-21-25-52(43-53)74-46-75(64-36-20-19-35-63(64)74)69-55(47-23-11-10-12-24-47)30-22-31-56(69)48-39-50(71(4,5)6)41-51(40-48)72(7,8)9;/h10-42,44H,1-9H3;/q-2;/i10D,11D,12D,13D,14D,16D,17D,23D,24D,27D,28D,32D,33D;. The fourth-order valence-corrected chi connectivity index (χ4v) is 10.5. The third-order valence-corrected chi connectivity index (χ3v) is 14.5. The van der Waals surface area contributed by atoms with Gasteiger partial charge in [-0.1, -0.05) is 219 Å². The van der Waals surface area contributed by atoms with E-state index in [1.807, 2.05) is 92.6 Å². The van der Waals surface area contributed by atoms with Gasteiger partial charge in [0, 0.05) is 55.1 Å². The van der Waals surface area contributed by atoms with Gasteiger partial charge in [0.15, 0.2) is 0 Å². The maximum atomic E-state index is 9.52. The quantitative estimate of drug-likeness (QED) is 0.112. The first kappa shape index (κ1) is 38.3. The van der Waals surface area contributed by atoms with Gasteiger partial charge in [0.25, 0.3) is 6.33 Å². The largest absolute Gasteiger partial charge is 0.510 e. The van der Waals surface area contributed by atoms with Crippen LogP contribution >= 0.6 is 0 Å². The van der Waals surface area contributed by atoms with Gasteiger partial charge in [0.05, 0.1) is 45.6 Å². The third-order valence-electron chi connectivity index (χ3n) is 14.5. The molecule has 0 bridgehead atoms. The molecule has 9 aromatic carbocycles. The number of aromatic nitrogens is 5. The van der Waals surface area contributed by atoms with E-state index in [0.717, 1.165) is 27.8 Å². The number of hydrogen-bond acceptors (Lipinski definition) is 2. The van der Waals surface area contributed by atoms with Gasteiger partial charge in [0.2, 0.25) is 0 Å². The number of hydrogen-bond donors (Lipinski definition) is 0. The number of fused-ring (bicyclic) bond motifs is 7. The van der Waals surface area contributed by atoms with Gasteiger partial charge in [-0.3, -0.25) is 4.57 Å². The summed E-state index contributed by atoms with van der Waals surface area (Å²) in [6.45, 7) is 19.3. The van der Waals surface area contributed by atoms with Crippen molar-refractivity contribution in [3.63, 3.8) is 0 Å². The van der Waals surface area contributed by atoms with Gasteiger partial charge < -0.3 is 18.4 Å². The molecular formula is C72H61N5OPt-2. The van der Waals surface area contributed by atoms with Crippen molar-refractivity contribution in [3.05, 3.63) is 241 Å². The average Bonchev–Trinajstić information content (AvgIpc) is 1.20. The van der Waals surface area contributed by atoms with Crippen LogP contribution in [0.2, 0.25) is 0 Å². The number of para-hydroxylation sites is 6. The molecule has 79 heavy (non-hydrogen) atoms. The topological polar surface area (TPSA) is 40.8 Å². The molecule has 0 spiro atoms. The second-order valence-corrected chi connectivity index (χ2v) is 22.8. The summed E-state index contributed by atoms with van der Waals surface area (Å²) in [6.07, 6.45) is 5.37. The number of rotatable bonds is 8. The van der Waals surface area contributed by atoms with Gasteiger partial charge in [-0.25, -0.2) is 4.98 Å². The van der Waals surface area contributed by atoms with Crippen LogP contribution in [0.3, 0.4) is 0 Å². The van der Waals surface area contributed by atoms with Crippen LogP contribution in [0.5, 0.6) is 11.5 Å². The van der Waals surface area contributed by atoms with E-state index in [-0.39, 0.29) is 94.0 Å². The zero-order valence-electron chi connectivity index (χ0n) is 58.1. The van der Waals surface area contributed by atoms with Gasteiger partial charge in [-0.2, -0.15) is 12.1 Å². The third kappa shape index (κ3) is 9.06. The maximum absolute atomic E-state index is 9.52. The molecule has 0 fully saturated rings. The van der Waals surface area contributed by atoms with E-state index in [1.54, 1.807) is 30.5 Å². The van der Waals surface area contributed by atoms with Crippen molar-refractivity contribution in [1.82, 2.24) is 18.7 Å². The van der Waals surface area contributed by atoms with Gasteiger partial charge in [-0.15, -0.1) is 24.3 Å². The molecule has 0 N–H and O–H groups in total. The maximum Gasteiger partial charge on any atom is 0.268 e. The van der Waals surface area contributed by atoms with Crippen molar-refractivity contribution in [3.8, 4) is 56.6 Å². The molecule has 0 aliphatic rings. The van der Waals surface area contributed by atoms with Crippen molar-refractivity contribution in [2.24, 2.45) is 0 Å². The molecule has 0 amide bonds. The average molecular weight is 1220 g/mol. The van der Waals surface area contributed by atoms with E-state index >= 15 is 0 Å². The molecule has 0 aliphatic heterocycles. The first-order valence-electron chi connectivity index (χ1n) is 32.5. The van der Waals surface area contributed by atoms with Crippen molar-refractivity contribution in [2.75, 3.05) is 0 Å². The van der Waals surface area contributed by atoms with Crippen LogP contribution in [0.4, 0.5) is 0 Å². The molecule has 7 heteroatoms. The Morgan fingerprint density at radius 3 is 1.80 bits per heavy atom. The number of benzene rings is 9. The SMILES string of the molecule is [2H]c1c([2H])c([2H])c(-c2cccc(-c3cc(C(C)(C)C)cc(C(C)(C)C)c3)c2-[n+]2[c-]n(-c3[c-]c(Oc4[c-]c5c(c(-n6c7c([2H])c([2H])c([2H])c([2H])c7c7c([2H])c([2H])c([2H])c([2H])c76)c4)c4ccccc4n5-c4cc(C(C)(C)C)ccn4)ccc3)c3ccccc32)c([2H])c1[2H].[Pt]. The zero-order chi connectivity index (χ0) is 65.0. The van der Waals surface area contributed by atoms with Gasteiger partial charge in [0.1, 0.15) is 5.82 Å². The van der Waals surface area contributed by atoms with Crippen LogP contribution in [0.25, 0.3) is 99.8 Å². The molecule has 13 rings (SSSR count). The molecule has 392 valence electrons. The number of pyridine rings is 1. The monoisotopic (exact) mass is 1220 g/mol. The minimum atomic E-state index is -0.561. The summed E-state index contributed by atoms with van der Waals surface area (Å²) in [4.78, 5) is 4.92. The Morgan fingerprint density at radius 2 is 1.11 bits per heavy atom. The number of imidazole rings is 1. The number of nitrogens with zero attached hydrogens (tertiary/aromatic N) is 5. The summed E-state index contributed by atoms with van der Waals surface area (Å²) < 4.78 is 132. The molecule has 13 aromatic rings. The van der Waals surface area contributed by atoms with Crippen LogP contribution in [-0.2, 0) is 37.3 Å². The fraction of sp³-hybridized carbons (Fsp3) is 0.167. The summed E-state index contributed by atoms with van der Waals surface area (Å²) in [5.74, 6) is 0.838. The second-order valence-electron chi connectivity index (χ2n) is 22.8. The van der Waals surface area contributed by atoms with Crippen LogP contribution in [0.1, 0.15) is 96.8 Å². The molecular weight excluding hydrogens is 1150 g/mol. The Kier molecular flexibility index (Phi) is 9.47. The van der Waals surface area contributed by atoms with E-state index in [2.05, 4.69) is 99.0 Å². The molecule has 0 unspecified atom stereocenters. The Morgan fingerprint density at radius 1 is 0.506 bits per heavy atom. The molecule has 4 heterocycles. The van der Waals surface area contributed by atoms with E-state index in [1.165, 1.54) is 4.57 Å². The van der Waals surface area contributed by atoms with Crippen LogP contribution in [-0.4, -0.2) is 18.7 Å². The molecule has 4 aromatic heterocycles. The van der Waals surface area contributed by atoms with Crippen LogP contribution < -0.4 is 9.30 Å². The molecule has 6 nitrogen and oxygen atoms in total.